The van der Waals surface area contributed by atoms with E-state index in [0.29, 0.717) is 12.5 Å². The second-order valence-corrected chi connectivity index (χ2v) is 10.4. The first-order valence-electron chi connectivity index (χ1n) is 12.1. The van der Waals surface area contributed by atoms with Crippen molar-refractivity contribution in [3.8, 4) is 16.9 Å². The maximum atomic E-state index is 14.4. The van der Waals surface area contributed by atoms with E-state index in [0.717, 1.165) is 61.2 Å². The number of carbonyl (C=O) groups excluding carboxylic acids is 1. The number of halogens is 1. The lowest BCUT2D eigenvalue weighted by Gasteiger charge is -2.53. The maximum Gasteiger partial charge on any atom is 0.165 e. The van der Waals surface area contributed by atoms with E-state index in [9.17, 15) is 14.3 Å². The average molecular weight is 452 g/mol. The normalized spacial score (nSPS) is 27.3. The Balaban J connectivity index is 1.49. The van der Waals surface area contributed by atoms with Crippen LogP contribution in [0.3, 0.4) is 0 Å². The lowest BCUT2D eigenvalue weighted by atomic mass is 9.79. The molecule has 0 radical (unpaired) electrons. The molecule has 0 saturated carbocycles. The summed E-state index contributed by atoms with van der Waals surface area (Å²) in [5.41, 5.74) is 3.64. The molecule has 33 heavy (non-hydrogen) atoms. The Hall–Kier alpha value is -2.60. The van der Waals surface area contributed by atoms with Gasteiger partial charge in [-0.1, -0.05) is 38.1 Å². The molecule has 1 aliphatic carbocycles. The first kappa shape index (κ1) is 22.2. The molecule has 0 N–H and O–H groups in total. The topological polar surface area (TPSA) is 55.8 Å². The number of fused-ring (bicyclic) bond motifs is 4. The molecule has 4 aliphatic rings. The van der Waals surface area contributed by atoms with Gasteiger partial charge < -0.3 is 24.4 Å². The van der Waals surface area contributed by atoms with E-state index in [1.807, 2.05) is 25.1 Å². The lowest BCUT2D eigenvalue weighted by molar-refractivity contribution is -0.276. The third-order valence-electron chi connectivity index (χ3n) is 7.86. The van der Waals surface area contributed by atoms with Crippen LogP contribution in [0.5, 0.6) is 5.75 Å². The van der Waals surface area contributed by atoms with Crippen molar-refractivity contribution in [1.29, 1.82) is 0 Å². The Kier molecular flexibility index (Phi) is 5.60. The molecule has 0 spiro atoms. The van der Waals surface area contributed by atoms with Crippen LogP contribution in [0.2, 0.25) is 0 Å². The fourth-order valence-electron chi connectivity index (χ4n) is 6.37. The summed E-state index contributed by atoms with van der Waals surface area (Å²) in [5, 5.41) is 12.5. The summed E-state index contributed by atoms with van der Waals surface area (Å²) in [6, 6.07) is 10.9. The van der Waals surface area contributed by atoms with Crippen molar-refractivity contribution < 1.29 is 19.0 Å². The Labute approximate surface area is 195 Å². The third-order valence-corrected chi connectivity index (χ3v) is 7.86. The van der Waals surface area contributed by atoms with Crippen molar-refractivity contribution in [2.45, 2.75) is 52.1 Å². The average Bonchev–Trinajstić information content (AvgIpc) is 3.05. The highest BCUT2D eigenvalue weighted by molar-refractivity contribution is 5.69. The third kappa shape index (κ3) is 3.88. The van der Waals surface area contributed by atoms with Gasteiger partial charge in [0, 0.05) is 12.6 Å². The highest BCUT2D eigenvalue weighted by atomic mass is 19.1. The van der Waals surface area contributed by atoms with E-state index in [1.54, 1.807) is 11.0 Å². The van der Waals surface area contributed by atoms with Crippen LogP contribution in [0.1, 0.15) is 50.8 Å². The minimum Gasteiger partial charge on any atom is -0.530 e. The van der Waals surface area contributed by atoms with Crippen LogP contribution in [0, 0.1) is 17.2 Å². The highest BCUT2D eigenvalue weighted by Crippen LogP contribution is 2.51. The molecule has 3 saturated heterocycles. The molecule has 2 bridgehead atoms. The van der Waals surface area contributed by atoms with Gasteiger partial charge in [0.25, 0.3) is 0 Å². The molecule has 3 aliphatic heterocycles. The van der Waals surface area contributed by atoms with Gasteiger partial charge in [-0.2, -0.15) is 0 Å². The number of piperidine rings is 3. The molecule has 0 aromatic heterocycles. The van der Waals surface area contributed by atoms with Crippen molar-refractivity contribution in [2.24, 2.45) is 11.3 Å². The largest absolute Gasteiger partial charge is 0.530 e. The number of ether oxygens (including phenoxy) is 1. The second-order valence-electron chi connectivity index (χ2n) is 10.4. The van der Waals surface area contributed by atoms with Gasteiger partial charge in [-0.25, -0.2) is 4.39 Å². The lowest BCUT2D eigenvalue weighted by Crippen LogP contribution is -2.62. The molecule has 2 atom stereocenters. The Bertz CT molecular complexity index is 1060. The fourth-order valence-corrected chi connectivity index (χ4v) is 6.37. The molecular weight excluding hydrogens is 419 g/mol. The van der Waals surface area contributed by atoms with Crippen LogP contribution in [0.25, 0.3) is 11.1 Å². The molecule has 6 heteroatoms. The van der Waals surface area contributed by atoms with Crippen molar-refractivity contribution >= 4 is 6.09 Å². The summed E-state index contributed by atoms with van der Waals surface area (Å²) >= 11 is 0. The molecular formula is C27H32FN2O3-. The zero-order valence-electron chi connectivity index (χ0n) is 19.6. The van der Waals surface area contributed by atoms with Gasteiger partial charge in [0.15, 0.2) is 11.6 Å². The molecule has 0 unspecified atom stereocenters. The molecule has 2 aromatic carbocycles. The minimum atomic E-state index is -1.07. The Morgan fingerprint density at radius 3 is 2.48 bits per heavy atom. The summed E-state index contributed by atoms with van der Waals surface area (Å²) < 4.78 is 19.8. The van der Waals surface area contributed by atoms with E-state index in [1.165, 1.54) is 6.07 Å². The SMILES string of the molecule is CCOc1ccc(-c2ccc3c(c2)CC(C)(C)[C@H]3N(C(=O)[O-])[C@@H]2CN3CCC2CC3)cc1F. The van der Waals surface area contributed by atoms with Crippen molar-refractivity contribution in [3.05, 3.63) is 53.3 Å². The smallest absolute Gasteiger partial charge is 0.165 e. The van der Waals surface area contributed by atoms with E-state index >= 15 is 0 Å². The Morgan fingerprint density at radius 2 is 1.88 bits per heavy atom. The van der Waals surface area contributed by atoms with E-state index in [4.69, 9.17) is 4.74 Å². The van der Waals surface area contributed by atoms with Gasteiger partial charge in [-0.3, -0.25) is 0 Å². The zero-order chi connectivity index (χ0) is 23.3. The quantitative estimate of drug-likeness (QED) is 0.682. The zero-order valence-corrected chi connectivity index (χ0v) is 19.6. The van der Waals surface area contributed by atoms with E-state index in [-0.39, 0.29) is 29.1 Å². The Morgan fingerprint density at radius 1 is 1.18 bits per heavy atom. The molecule has 6 rings (SSSR count). The van der Waals surface area contributed by atoms with Gasteiger partial charge in [-0.05, 0) is 85.0 Å². The monoisotopic (exact) mass is 451 g/mol. The number of carboxylic acid groups (broad SMARTS) is 1. The molecule has 2 aromatic rings. The number of hydrogen-bond acceptors (Lipinski definition) is 4. The van der Waals surface area contributed by atoms with E-state index in [2.05, 4.69) is 24.8 Å². The summed E-state index contributed by atoms with van der Waals surface area (Å²) in [5.74, 6) is 0.281. The van der Waals surface area contributed by atoms with Crippen LogP contribution in [0.15, 0.2) is 36.4 Å². The predicted molar refractivity (Wildman–Crippen MR) is 123 cm³/mol. The van der Waals surface area contributed by atoms with Crippen molar-refractivity contribution in [1.82, 2.24) is 9.80 Å². The van der Waals surface area contributed by atoms with Crippen LogP contribution in [-0.2, 0) is 6.42 Å². The standard InChI is InChI=1S/C27H33FN2O3/c1-4-33-24-8-6-19(14-22(24)28)18-5-7-21-20(13-18)15-27(2,3)25(21)30(26(31)32)23-16-29-11-9-17(23)10-12-29/h5-8,13-14,17,23,25H,4,9-12,15-16H2,1-3H3,(H,31,32)/p-1/t23-,25+/m1/s1. The van der Waals surface area contributed by atoms with Gasteiger partial charge in [-0.15, -0.1) is 0 Å². The van der Waals surface area contributed by atoms with Crippen LogP contribution < -0.4 is 9.84 Å². The van der Waals surface area contributed by atoms with Crippen molar-refractivity contribution in [2.75, 3.05) is 26.2 Å². The molecule has 3 heterocycles. The maximum absolute atomic E-state index is 14.4. The summed E-state index contributed by atoms with van der Waals surface area (Å²) in [7, 11) is 0. The predicted octanol–water partition coefficient (Wildman–Crippen LogP) is 4.25. The summed E-state index contributed by atoms with van der Waals surface area (Å²) in [6.07, 6.45) is 1.80. The van der Waals surface area contributed by atoms with Gasteiger partial charge in [0.05, 0.1) is 12.6 Å². The number of rotatable bonds is 5. The van der Waals surface area contributed by atoms with Gasteiger partial charge in [0.1, 0.15) is 6.09 Å². The minimum absolute atomic E-state index is 0.0207. The van der Waals surface area contributed by atoms with Crippen LogP contribution >= 0.6 is 0 Å². The molecule has 5 nitrogen and oxygen atoms in total. The number of hydrogen-bond donors (Lipinski definition) is 0. The highest BCUT2D eigenvalue weighted by Gasteiger charge is 2.48. The number of benzene rings is 2. The number of amides is 1. The number of nitrogens with zero attached hydrogens (tertiary/aromatic N) is 2. The van der Waals surface area contributed by atoms with Gasteiger partial charge in [0.2, 0.25) is 0 Å². The first-order valence-corrected chi connectivity index (χ1v) is 12.1. The molecule has 3 fully saturated rings. The van der Waals surface area contributed by atoms with Crippen LogP contribution in [0.4, 0.5) is 9.18 Å². The summed E-state index contributed by atoms with van der Waals surface area (Å²) in [4.78, 5) is 16.6. The fraction of sp³-hybridized carbons (Fsp3) is 0.519. The first-order chi connectivity index (χ1) is 15.8. The molecule has 176 valence electrons. The van der Waals surface area contributed by atoms with Gasteiger partial charge >= 0.3 is 0 Å². The van der Waals surface area contributed by atoms with Crippen molar-refractivity contribution in [3.63, 3.8) is 0 Å². The van der Waals surface area contributed by atoms with Crippen LogP contribution in [-0.4, -0.2) is 48.2 Å². The number of carbonyl (C=O) groups is 1. The molecule has 1 amide bonds. The second kappa shape index (κ2) is 8.32. The summed E-state index contributed by atoms with van der Waals surface area (Å²) in [6.45, 7) is 9.46. The van der Waals surface area contributed by atoms with E-state index < -0.39 is 6.09 Å².